The summed E-state index contributed by atoms with van der Waals surface area (Å²) in [7, 11) is 0. The van der Waals surface area contributed by atoms with Gasteiger partial charge in [0.05, 0.1) is 31.7 Å². The number of alkyl halides is 3. The highest BCUT2D eigenvalue weighted by atomic mass is 32.1. The maximum absolute atomic E-state index is 12.9. The molecule has 9 heteroatoms. The molecule has 2 aromatic heterocycles. The fourth-order valence-electron chi connectivity index (χ4n) is 3.40. The van der Waals surface area contributed by atoms with Crippen LogP contribution in [0.4, 0.5) is 18.9 Å². The van der Waals surface area contributed by atoms with Crippen molar-refractivity contribution in [3.8, 4) is 0 Å². The molecule has 0 aliphatic carbocycles. The van der Waals surface area contributed by atoms with Gasteiger partial charge in [0, 0.05) is 11.9 Å². The van der Waals surface area contributed by atoms with Crippen LogP contribution in [-0.4, -0.2) is 40.4 Å². The predicted molar refractivity (Wildman–Crippen MR) is 98.4 cm³/mol. The summed E-state index contributed by atoms with van der Waals surface area (Å²) in [4.78, 5) is 3.31. The smallest absolute Gasteiger partial charge is 0.360 e. The van der Waals surface area contributed by atoms with Gasteiger partial charge in [-0.3, -0.25) is 4.40 Å². The minimum atomic E-state index is -4.32. The van der Waals surface area contributed by atoms with Crippen molar-refractivity contribution in [1.29, 1.82) is 0 Å². The van der Waals surface area contributed by atoms with Crippen LogP contribution in [0, 0.1) is 4.77 Å². The van der Waals surface area contributed by atoms with Crippen molar-refractivity contribution >= 4 is 23.6 Å². The quantitative estimate of drug-likeness (QED) is 0.691. The van der Waals surface area contributed by atoms with E-state index in [0.717, 1.165) is 24.8 Å². The molecule has 3 aromatic rings. The lowest BCUT2D eigenvalue weighted by molar-refractivity contribution is -0.924. The molecule has 1 fully saturated rings. The first kappa shape index (κ1) is 18.0. The summed E-state index contributed by atoms with van der Waals surface area (Å²) in [5.41, 5.74) is 0.823. The third kappa shape index (κ3) is 3.70. The standard InChI is InChI=1S/C18H18F3N5S/c19-18(20,21)14-4-3-5-15(12-14)24-10-8-23(9-11-24)13-26-17(27)25-7-2-1-6-16(25)22-26/h1-7,12H,8-11,13H2/p+1. The van der Waals surface area contributed by atoms with E-state index >= 15 is 0 Å². The Kier molecular flexibility index (Phi) is 4.65. The number of quaternary nitrogens is 1. The molecule has 1 aromatic carbocycles. The van der Waals surface area contributed by atoms with Gasteiger partial charge < -0.3 is 9.80 Å². The first-order valence-corrected chi connectivity index (χ1v) is 9.12. The molecule has 0 amide bonds. The van der Waals surface area contributed by atoms with Crippen molar-refractivity contribution in [3.63, 3.8) is 0 Å². The highest BCUT2D eigenvalue weighted by Gasteiger charge is 2.31. The Bertz CT molecular complexity index is 1000. The van der Waals surface area contributed by atoms with Crippen LogP contribution in [0.5, 0.6) is 0 Å². The SMILES string of the molecule is FC(F)(F)c1cccc(N2CC[NH+](Cn3nc4ccccn4c3=S)CC2)c1. The van der Waals surface area contributed by atoms with E-state index < -0.39 is 11.7 Å². The van der Waals surface area contributed by atoms with E-state index in [1.54, 1.807) is 6.07 Å². The number of nitrogens with one attached hydrogen (secondary N) is 1. The normalized spacial score (nSPS) is 16.2. The van der Waals surface area contributed by atoms with Crippen molar-refractivity contribution < 1.29 is 18.1 Å². The van der Waals surface area contributed by atoms with Gasteiger partial charge in [-0.1, -0.05) is 12.1 Å². The van der Waals surface area contributed by atoms with E-state index in [2.05, 4.69) is 5.10 Å². The molecule has 1 N–H and O–H groups in total. The van der Waals surface area contributed by atoms with Gasteiger partial charge in [-0.15, -0.1) is 5.10 Å². The van der Waals surface area contributed by atoms with Gasteiger partial charge in [-0.2, -0.15) is 17.9 Å². The van der Waals surface area contributed by atoms with Crippen molar-refractivity contribution in [2.45, 2.75) is 12.8 Å². The molecule has 0 bridgehead atoms. The topological polar surface area (TPSA) is 29.9 Å². The predicted octanol–water partition coefficient (Wildman–Crippen LogP) is 2.25. The Balaban J connectivity index is 1.43. The van der Waals surface area contributed by atoms with Crippen molar-refractivity contribution in [2.75, 3.05) is 31.1 Å². The van der Waals surface area contributed by atoms with Crippen LogP contribution in [0.2, 0.25) is 0 Å². The zero-order valence-electron chi connectivity index (χ0n) is 14.5. The Morgan fingerprint density at radius 1 is 1.07 bits per heavy atom. The number of anilines is 1. The lowest BCUT2D eigenvalue weighted by atomic mass is 10.1. The van der Waals surface area contributed by atoms with Crippen LogP contribution in [0.1, 0.15) is 5.56 Å². The summed E-state index contributed by atoms with van der Waals surface area (Å²) in [6.45, 7) is 3.66. The molecule has 0 spiro atoms. The lowest BCUT2D eigenvalue weighted by Gasteiger charge is -2.33. The van der Waals surface area contributed by atoms with E-state index in [0.29, 0.717) is 30.2 Å². The van der Waals surface area contributed by atoms with E-state index in [1.807, 2.05) is 38.4 Å². The Labute approximate surface area is 159 Å². The number of fused-ring (bicyclic) bond motifs is 1. The zero-order chi connectivity index (χ0) is 19.0. The van der Waals surface area contributed by atoms with Gasteiger partial charge >= 0.3 is 6.18 Å². The zero-order valence-corrected chi connectivity index (χ0v) is 15.3. The molecule has 3 heterocycles. The monoisotopic (exact) mass is 394 g/mol. The van der Waals surface area contributed by atoms with Crippen LogP contribution >= 0.6 is 12.2 Å². The minimum absolute atomic E-state index is 0.606. The molecule has 1 aliphatic rings. The third-order valence-electron chi connectivity index (χ3n) is 4.87. The maximum atomic E-state index is 12.9. The maximum Gasteiger partial charge on any atom is 0.416 e. The van der Waals surface area contributed by atoms with Gasteiger partial charge in [0.1, 0.15) is 0 Å². The summed E-state index contributed by atoms with van der Waals surface area (Å²) < 4.78 is 43.1. The van der Waals surface area contributed by atoms with Gasteiger partial charge in [-0.05, 0) is 42.5 Å². The van der Waals surface area contributed by atoms with Crippen molar-refractivity contribution in [2.24, 2.45) is 0 Å². The van der Waals surface area contributed by atoms with Gasteiger partial charge in [-0.25, -0.2) is 0 Å². The van der Waals surface area contributed by atoms with Crippen LogP contribution in [0.15, 0.2) is 48.7 Å². The summed E-state index contributed by atoms with van der Waals surface area (Å²) in [5, 5.41) is 4.54. The number of piperazine rings is 1. The number of rotatable bonds is 3. The molecule has 4 rings (SSSR count). The highest BCUT2D eigenvalue weighted by Crippen LogP contribution is 2.31. The Hall–Kier alpha value is -2.39. The largest absolute Gasteiger partial charge is 0.416 e. The van der Waals surface area contributed by atoms with Gasteiger partial charge in [0.2, 0.25) is 4.77 Å². The van der Waals surface area contributed by atoms with E-state index in [9.17, 15) is 13.2 Å². The van der Waals surface area contributed by atoms with Crippen molar-refractivity contribution in [3.05, 3.63) is 59.0 Å². The van der Waals surface area contributed by atoms with Gasteiger partial charge in [0.25, 0.3) is 0 Å². The first-order chi connectivity index (χ1) is 12.9. The number of benzene rings is 1. The Morgan fingerprint density at radius 2 is 1.85 bits per heavy atom. The second kappa shape index (κ2) is 6.97. The molecule has 0 unspecified atom stereocenters. The van der Waals surface area contributed by atoms with Crippen LogP contribution < -0.4 is 9.80 Å². The molecule has 27 heavy (non-hydrogen) atoms. The Morgan fingerprint density at radius 3 is 2.56 bits per heavy atom. The van der Waals surface area contributed by atoms with Crippen molar-refractivity contribution in [1.82, 2.24) is 14.2 Å². The molecule has 1 saturated heterocycles. The van der Waals surface area contributed by atoms with E-state index in [1.165, 1.54) is 17.0 Å². The molecule has 0 saturated carbocycles. The van der Waals surface area contributed by atoms with E-state index in [4.69, 9.17) is 12.2 Å². The molecular weight excluding hydrogens is 375 g/mol. The van der Waals surface area contributed by atoms with Crippen LogP contribution in [0.25, 0.3) is 5.65 Å². The number of pyridine rings is 1. The average Bonchev–Trinajstić information content (AvgIpc) is 2.98. The molecule has 0 radical (unpaired) electrons. The summed E-state index contributed by atoms with van der Waals surface area (Å²) in [6.07, 6.45) is -2.43. The highest BCUT2D eigenvalue weighted by molar-refractivity contribution is 7.71. The second-order valence-corrected chi connectivity index (χ2v) is 7.02. The number of nitrogens with zero attached hydrogens (tertiary/aromatic N) is 4. The number of hydrogen-bond donors (Lipinski definition) is 1. The summed E-state index contributed by atoms with van der Waals surface area (Å²) in [5.74, 6) is 0. The summed E-state index contributed by atoms with van der Waals surface area (Å²) >= 11 is 5.48. The van der Waals surface area contributed by atoms with E-state index in [-0.39, 0.29) is 0 Å². The summed E-state index contributed by atoms with van der Waals surface area (Å²) in [6, 6.07) is 11.3. The number of hydrogen-bond acceptors (Lipinski definition) is 3. The minimum Gasteiger partial charge on any atom is -0.360 e. The lowest BCUT2D eigenvalue weighted by Crippen LogP contribution is -3.14. The molecule has 142 valence electrons. The second-order valence-electron chi connectivity index (χ2n) is 6.65. The average molecular weight is 394 g/mol. The molecule has 1 aliphatic heterocycles. The number of aromatic nitrogens is 3. The molecular formula is C18H19F3N5S+. The molecule has 0 atom stereocenters. The third-order valence-corrected chi connectivity index (χ3v) is 5.28. The van der Waals surface area contributed by atoms with Crippen LogP contribution in [-0.2, 0) is 12.8 Å². The molecule has 5 nitrogen and oxygen atoms in total. The fraction of sp³-hybridized carbons (Fsp3) is 0.333. The van der Waals surface area contributed by atoms with Crippen LogP contribution in [0.3, 0.4) is 0 Å². The number of halogens is 3. The fourth-order valence-corrected chi connectivity index (χ4v) is 3.66. The first-order valence-electron chi connectivity index (χ1n) is 8.72. The van der Waals surface area contributed by atoms with Gasteiger partial charge in [0.15, 0.2) is 12.3 Å².